The van der Waals surface area contributed by atoms with E-state index in [1.54, 1.807) is 30.8 Å². The van der Waals surface area contributed by atoms with Gasteiger partial charge in [0.25, 0.3) is 0 Å². The highest BCUT2D eigenvalue weighted by Crippen LogP contribution is 2.34. The highest BCUT2D eigenvalue weighted by molar-refractivity contribution is 7.99. The van der Waals surface area contributed by atoms with E-state index in [1.165, 1.54) is 5.56 Å². The number of hydrogen-bond donors (Lipinski definition) is 2. The van der Waals surface area contributed by atoms with Crippen molar-refractivity contribution in [3.63, 3.8) is 0 Å². The minimum Gasteiger partial charge on any atom is -0.507 e. The molecule has 1 atom stereocenters. The number of phenols is 1. The van der Waals surface area contributed by atoms with Crippen molar-refractivity contribution in [1.82, 2.24) is 0 Å². The van der Waals surface area contributed by atoms with Crippen molar-refractivity contribution in [2.24, 2.45) is 0 Å². The molecule has 2 nitrogen and oxygen atoms in total. The third-order valence-corrected chi connectivity index (χ3v) is 5.91. The van der Waals surface area contributed by atoms with Gasteiger partial charge in [-0.05, 0) is 73.4 Å². The van der Waals surface area contributed by atoms with E-state index < -0.39 is 6.10 Å². The molecule has 0 fully saturated rings. The third-order valence-electron chi connectivity index (χ3n) is 4.31. The van der Waals surface area contributed by atoms with Gasteiger partial charge in [0.05, 0.1) is 6.10 Å². The van der Waals surface area contributed by atoms with Crippen LogP contribution >= 0.6 is 35.0 Å². The lowest BCUT2D eigenvalue weighted by atomic mass is 9.99. The van der Waals surface area contributed by atoms with Gasteiger partial charge >= 0.3 is 0 Å². The number of hydrogen-bond acceptors (Lipinski definition) is 3. The molecule has 0 saturated carbocycles. The molecule has 0 aliphatic rings. The van der Waals surface area contributed by atoms with Gasteiger partial charge < -0.3 is 10.2 Å². The van der Waals surface area contributed by atoms with E-state index in [1.807, 2.05) is 36.4 Å². The summed E-state index contributed by atoms with van der Waals surface area (Å²) in [5, 5.41) is 21.5. The van der Waals surface area contributed by atoms with Gasteiger partial charge in [0.2, 0.25) is 0 Å². The topological polar surface area (TPSA) is 40.5 Å². The first-order valence-corrected chi connectivity index (χ1v) is 10.2. The molecule has 3 aromatic rings. The van der Waals surface area contributed by atoms with Gasteiger partial charge in [-0.25, -0.2) is 0 Å². The van der Waals surface area contributed by atoms with Gasteiger partial charge in [-0.15, -0.1) is 0 Å². The lowest BCUT2D eigenvalue weighted by Crippen LogP contribution is -1.99. The normalized spacial score (nSPS) is 12.1. The predicted molar refractivity (Wildman–Crippen MR) is 113 cm³/mol. The molecule has 140 valence electrons. The molecule has 0 radical (unpaired) electrons. The molecule has 0 saturated heterocycles. The lowest BCUT2D eigenvalue weighted by Gasteiger charge is -2.14. The molecular formula is C22H20Cl2O2S. The lowest BCUT2D eigenvalue weighted by molar-refractivity contribution is 0.194. The fraction of sp³-hybridized carbons (Fsp3) is 0.182. The van der Waals surface area contributed by atoms with E-state index in [-0.39, 0.29) is 5.75 Å². The molecule has 3 aromatic carbocycles. The Balaban J connectivity index is 1.80. The number of benzene rings is 3. The van der Waals surface area contributed by atoms with Crippen LogP contribution in [-0.4, -0.2) is 10.2 Å². The summed E-state index contributed by atoms with van der Waals surface area (Å²) >= 11 is 13.8. The first-order valence-electron chi connectivity index (χ1n) is 8.64. The van der Waals surface area contributed by atoms with Crippen LogP contribution < -0.4 is 0 Å². The van der Waals surface area contributed by atoms with Crippen LogP contribution in [0.15, 0.2) is 70.5 Å². The van der Waals surface area contributed by atoms with Gasteiger partial charge in [-0.3, -0.25) is 0 Å². The zero-order chi connectivity index (χ0) is 19.4. The predicted octanol–water partition coefficient (Wildman–Crippen LogP) is 6.69. The first kappa shape index (κ1) is 20.1. The standard InChI is InChI=1S/C22H20Cl2O2S/c1-14(25)20-13-18(24)12-16(22(20)26)7-6-15-4-2-3-5-21(15)27-19-10-8-17(23)9-11-19/h2-5,8-14,25-26H,6-7H2,1H3. The third kappa shape index (κ3) is 5.20. The first-order chi connectivity index (χ1) is 12.9. The number of rotatable bonds is 6. The second-order valence-corrected chi connectivity index (χ2v) is 8.33. The molecular weight excluding hydrogens is 399 g/mol. The Labute approximate surface area is 173 Å². The Morgan fingerprint density at radius 2 is 1.56 bits per heavy atom. The largest absolute Gasteiger partial charge is 0.507 e. The van der Waals surface area contributed by atoms with Crippen molar-refractivity contribution in [3.8, 4) is 5.75 Å². The van der Waals surface area contributed by atoms with Gasteiger partial charge in [0, 0.05) is 25.4 Å². The summed E-state index contributed by atoms with van der Waals surface area (Å²) < 4.78 is 0. The zero-order valence-corrected chi connectivity index (χ0v) is 17.2. The number of aryl methyl sites for hydroxylation is 2. The van der Waals surface area contributed by atoms with Crippen molar-refractivity contribution in [3.05, 3.63) is 87.4 Å². The average molecular weight is 419 g/mol. The fourth-order valence-electron chi connectivity index (χ4n) is 2.90. The summed E-state index contributed by atoms with van der Waals surface area (Å²) in [6.07, 6.45) is 0.615. The summed E-state index contributed by atoms with van der Waals surface area (Å²) in [6.45, 7) is 1.62. The molecule has 0 amide bonds. The molecule has 27 heavy (non-hydrogen) atoms. The van der Waals surface area contributed by atoms with Crippen LogP contribution in [0.1, 0.15) is 29.7 Å². The molecule has 5 heteroatoms. The van der Waals surface area contributed by atoms with E-state index in [2.05, 4.69) is 12.1 Å². The number of halogens is 2. The molecule has 2 N–H and O–H groups in total. The van der Waals surface area contributed by atoms with Gasteiger partial charge in [0.15, 0.2) is 0 Å². The molecule has 0 bridgehead atoms. The van der Waals surface area contributed by atoms with Gasteiger partial charge in [-0.1, -0.05) is 53.2 Å². The van der Waals surface area contributed by atoms with Crippen LogP contribution in [0, 0.1) is 0 Å². The van der Waals surface area contributed by atoms with E-state index >= 15 is 0 Å². The van der Waals surface area contributed by atoms with Crippen LogP contribution in [0.4, 0.5) is 0 Å². The maximum atomic E-state index is 10.5. The minimum atomic E-state index is -0.768. The fourth-order valence-corrected chi connectivity index (χ4v) is 4.25. The molecule has 3 rings (SSSR count). The average Bonchev–Trinajstić information content (AvgIpc) is 2.65. The molecule has 0 aliphatic carbocycles. The van der Waals surface area contributed by atoms with Crippen molar-refractivity contribution < 1.29 is 10.2 Å². The van der Waals surface area contributed by atoms with Crippen LogP contribution in [-0.2, 0) is 12.8 Å². The van der Waals surface area contributed by atoms with E-state index in [0.717, 1.165) is 26.8 Å². The number of phenolic OH excluding ortho intramolecular Hbond substituents is 1. The Morgan fingerprint density at radius 3 is 2.26 bits per heavy atom. The van der Waals surface area contributed by atoms with Crippen molar-refractivity contribution >= 4 is 35.0 Å². The van der Waals surface area contributed by atoms with Gasteiger partial charge in [0.1, 0.15) is 5.75 Å². The highest BCUT2D eigenvalue weighted by atomic mass is 35.5. The summed E-state index contributed by atoms with van der Waals surface area (Å²) in [4.78, 5) is 2.28. The Kier molecular flexibility index (Phi) is 6.72. The van der Waals surface area contributed by atoms with E-state index in [9.17, 15) is 10.2 Å². The van der Waals surface area contributed by atoms with Crippen molar-refractivity contribution in [1.29, 1.82) is 0 Å². The Hall–Kier alpha value is -1.65. The van der Waals surface area contributed by atoms with Crippen LogP contribution in [0.25, 0.3) is 0 Å². The second kappa shape index (κ2) is 9.03. The summed E-state index contributed by atoms with van der Waals surface area (Å²) in [6, 6.07) is 19.4. The van der Waals surface area contributed by atoms with E-state index in [0.29, 0.717) is 17.0 Å². The monoisotopic (exact) mass is 418 g/mol. The molecule has 0 spiro atoms. The molecule has 1 unspecified atom stereocenters. The van der Waals surface area contributed by atoms with E-state index in [4.69, 9.17) is 23.2 Å². The SMILES string of the molecule is CC(O)c1cc(Cl)cc(CCc2ccccc2Sc2ccc(Cl)cc2)c1O. The van der Waals surface area contributed by atoms with Crippen LogP contribution in [0.5, 0.6) is 5.75 Å². The van der Waals surface area contributed by atoms with Crippen molar-refractivity contribution in [2.45, 2.75) is 35.7 Å². The molecule has 0 heterocycles. The zero-order valence-electron chi connectivity index (χ0n) is 14.8. The van der Waals surface area contributed by atoms with Crippen LogP contribution in [0.3, 0.4) is 0 Å². The second-order valence-electron chi connectivity index (χ2n) is 6.34. The Morgan fingerprint density at radius 1 is 0.889 bits per heavy atom. The molecule has 0 aliphatic heterocycles. The summed E-state index contributed by atoms with van der Waals surface area (Å²) in [5.41, 5.74) is 2.39. The highest BCUT2D eigenvalue weighted by Gasteiger charge is 2.14. The Bertz CT molecular complexity index is 924. The quantitative estimate of drug-likeness (QED) is 0.468. The number of aliphatic hydroxyl groups excluding tert-OH is 1. The summed E-state index contributed by atoms with van der Waals surface area (Å²) in [5.74, 6) is 0.122. The number of aromatic hydroxyl groups is 1. The maximum Gasteiger partial charge on any atom is 0.124 e. The van der Waals surface area contributed by atoms with Crippen LogP contribution in [0.2, 0.25) is 10.0 Å². The molecule has 0 aromatic heterocycles. The van der Waals surface area contributed by atoms with Crippen molar-refractivity contribution in [2.75, 3.05) is 0 Å². The summed E-state index contributed by atoms with van der Waals surface area (Å²) in [7, 11) is 0. The maximum absolute atomic E-state index is 10.5. The number of aliphatic hydroxyl groups is 1. The minimum absolute atomic E-state index is 0.122. The smallest absolute Gasteiger partial charge is 0.124 e. The van der Waals surface area contributed by atoms with Gasteiger partial charge in [-0.2, -0.15) is 0 Å².